The van der Waals surface area contributed by atoms with E-state index < -0.39 is 0 Å². The van der Waals surface area contributed by atoms with Crippen molar-refractivity contribution in [3.63, 3.8) is 0 Å². The summed E-state index contributed by atoms with van der Waals surface area (Å²) in [7, 11) is 2.13. The Hall–Kier alpha value is -4.42. The number of hydrogen-bond acceptors (Lipinski definition) is 0. The lowest BCUT2D eigenvalue weighted by Gasteiger charge is -2.14. The van der Waals surface area contributed by atoms with E-state index >= 15 is 0 Å². The zero-order valence-corrected chi connectivity index (χ0v) is 19.3. The maximum absolute atomic E-state index is 7.74. The van der Waals surface area contributed by atoms with E-state index in [0.29, 0.717) is 5.69 Å². The van der Waals surface area contributed by atoms with Gasteiger partial charge in [0.15, 0.2) is 11.9 Å². The average molecular weight is 437 g/mol. The molecule has 3 heteroatoms. The van der Waals surface area contributed by atoms with Gasteiger partial charge in [0.1, 0.15) is 7.05 Å². The molecule has 0 saturated carbocycles. The van der Waals surface area contributed by atoms with Crippen molar-refractivity contribution in [3.05, 3.63) is 102 Å². The quantitative estimate of drug-likeness (QED) is 0.108. The van der Waals surface area contributed by atoms with Gasteiger partial charge in [0, 0.05) is 16.8 Å². The molecule has 3 nitrogen and oxygen atoms in total. The molecule has 3 aromatic heterocycles. The summed E-state index contributed by atoms with van der Waals surface area (Å²) in [5, 5.41) is 6.13. The molecule has 0 aliphatic carbocycles. The first kappa shape index (κ1) is 19.1. The van der Waals surface area contributed by atoms with E-state index in [2.05, 4.69) is 108 Å². The lowest BCUT2D eigenvalue weighted by Crippen LogP contribution is -2.29. The van der Waals surface area contributed by atoms with E-state index in [1.165, 1.54) is 60.3 Å². The highest BCUT2D eigenvalue weighted by atomic mass is 15.0. The molecule has 0 saturated heterocycles. The van der Waals surface area contributed by atoms with Crippen molar-refractivity contribution in [1.82, 2.24) is 4.40 Å². The van der Waals surface area contributed by atoms with Gasteiger partial charge in [-0.3, -0.25) is 0 Å². The van der Waals surface area contributed by atoms with E-state index in [4.69, 9.17) is 6.57 Å². The Bertz CT molecular complexity index is 1990. The van der Waals surface area contributed by atoms with Gasteiger partial charge in [-0.1, -0.05) is 42.5 Å². The van der Waals surface area contributed by atoms with Crippen LogP contribution in [0.5, 0.6) is 0 Å². The van der Waals surface area contributed by atoms with Crippen LogP contribution in [0.4, 0.5) is 5.69 Å². The number of aryl methyl sites for hydroxylation is 3. The molecule has 0 N–H and O–H groups in total. The second-order valence-corrected chi connectivity index (χ2v) is 9.34. The predicted octanol–water partition coefficient (Wildman–Crippen LogP) is 7.65. The van der Waals surface area contributed by atoms with Crippen LogP contribution in [0.15, 0.2) is 79.0 Å². The van der Waals surface area contributed by atoms with Gasteiger partial charge in [-0.15, -0.1) is 0 Å². The Labute approximate surface area is 197 Å². The number of nitrogens with zero attached hydrogens (tertiary/aromatic N) is 3. The highest BCUT2D eigenvalue weighted by molar-refractivity contribution is 6.26. The van der Waals surface area contributed by atoms with Crippen molar-refractivity contribution in [2.45, 2.75) is 13.8 Å². The zero-order chi connectivity index (χ0) is 23.1. The summed E-state index contributed by atoms with van der Waals surface area (Å²) >= 11 is 0. The van der Waals surface area contributed by atoms with Crippen LogP contribution in [0.1, 0.15) is 11.1 Å². The highest BCUT2D eigenvalue weighted by Crippen LogP contribution is 2.43. The van der Waals surface area contributed by atoms with E-state index in [1.807, 2.05) is 6.07 Å². The minimum absolute atomic E-state index is 0.670. The molecule has 160 valence electrons. The number of aromatic nitrogens is 2. The molecule has 0 aliphatic rings. The van der Waals surface area contributed by atoms with Crippen molar-refractivity contribution in [3.8, 4) is 11.1 Å². The summed E-state index contributed by atoms with van der Waals surface area (Å²) < 4.78 is 4.64. The van der Waals surface area contributed by atoms with Crippen LogP contribution in [0.2, 0.25) is 0 Å². The van der Waals surface area contributed by atoms with Gasteiger partial charge < -0.3 is 4.40 Å². The van der Waals surface area contributed by atoms with Gasteiger partial charge in [-0.2, -0.15) is 0 Å². The lowest BCUT2D eigenvalue weighted by atomic mass is 9.96. The van der Waals surface area contributed by atoms with Crippen LogP contribution >= 0.6 is 0 Å². The largest absolute Gasteiger partial charge is 0.309 e. The van der Waals surface area contributed by atoms with Crippen LogP contribution in [-0.2, 0) is 7.05 Å². The Balaban J connectivity index is 1.83. The van der Waals surface area contributed by atoms with Gasteiger partial charge in [0.2, 0.25) is 5.52 Å². The minimum atomic E-state index is 0.670. The van der Waals surface area contributed by atoms with Gasteiger partial charge in [0.05, 0.1) is 33.9 Å². The second kappa shape index (κ2) is 6.56. The topological polar surface area (TPSA) is 12.7 Å². The molecule has 7 aromatic rings. The SMILES string of the molecule is [C-]#[N+]c1cc2cc[n+](C)c3c4c(C)c(C)cc5c6ccc(-c7ccccc7)cc6n(c(c1)c23)c54. The summed E-state index contributed by atoms with van der Waals surface area (Å²) in [4.78, 5) is 3.82. The number of hydrogen-bond donors (Lipinski definition) is 0. The second-order valence-electron chi connectivity index (χ2n) is 9.34. The maximum Gasteiger partial charge on any atom is 0.224 e. The van der Waals surface area contributed by atoms with Gasteiger partial charge in [-0.05, 0) is 65.8 Å². The molecule has 0 atom stereocenters. The van der Waals surface area contributed by atoms with Crippen molar-refractivity contribution in [1.29, 1.82) is 0 Å². The van der Waals surface area contributed by atoms with Crippen LogP contribution in [0, 0.1) is 20.4 Å². The van der Waals surface area contributed by atoms with E-state index in [9.17, 15) is 0 Å². The smallest absolute Gasteiger partial charge is 0.224 e. The van der Waals surface area contributed by atoms with Gasteiger partial charge in [-0.25, -0.2) is 9.41 Å². The molecule has 0 unspecified atom stereocenters. The number of pyridine rings is 2. The fourth-order valence-electron chi connectivity index (χ4n) is 5.76. The molecule has 0 amide bonds. The van der Waals surface area contributed by atoms with E-state index in [1.54, 1.807) is 0 Å². The van der Waals surface area contributed by atoms with Crippen LogP contribution in [0.25, 0.3) is 65.0 Å². The summed E-state index contributed by atoms with van der Waals surface area (Å²) in [6.07, 6.45) is 2.12. The molecule has 34 heavy (non-hydrogen) atoms. The molecule has 4 aromatic carbocycles. The van der Waals surface area contributed by atoms with Crippen molar-refractivity contribution < 1.29 is 4.57 Å². The van der Waals surface area contributed by atoms with Crippen LogP contribution < -0.4 is 4.57 Å². The van der Waals surface area contributed by atoms with Crippen LogP contribution in [0.3, 0.4) is 0 Å². The Kier molecular flexibility index (Phi) is 3.68. The van der Waals surface area contributed by atoms with Crippen molar-refractivity contribution >= 4 is 54.7 Å². The number of fused-ring (bicyclic) bond motifs is 5. The minimum Gasteiger partial charge on any atom is -0.309 e. The maximum atomic E-state index is 7.74. The third-order valence-electron chi connectivity index (χ3n) is 7.49. The standard InChI is InChI=1S/C31H22N3/c1-18-14-25-24-11-10-21(20-8-6-5-7-9-20)16-26(24)34-27-17-23(32-3)15-22-12-13-33(4)31(29(22)27)28(19(18)2)30(25)34/h5-17H,1-2,4H3/q+1. The third kappa shape index (κ3) is 2.32. The van der Waals surface area contributed by atoms with E-state index in [-0.39, 0.29) is 0 Å². The molecule has 0 fully saturated rings. The molecule has 0 aliphatic heterocycles. The van der Waals surface area contributed by atoms with E-state index in [0.717, 1.165) is 10.9 Å². The number of rotatable bonds is 1. The summed E-state index contributed by atoms with van der Waals surface area (Å²) in [5.74, 6) is 0. The molecule has 0 bridgehead atoms. The molecule has 0 spiro atoms. The van der Waals surface area contributed by atoms with Gasteiger partial charge >= 0.3 is 0 Å². The Morgan fingerprint density at radius 1 is 0.794 bits per heavy atom. The fraction of sp³-hybridized carbons (Fsp3) is 0.0968. The normalized spacial score (nSPS) is 11.9. The fourth-order valence-corrected chi connectivity index (χ4v) is 5.76. The molecule has 3 heterocycles. The monoisotopic (exact) mass is 436 g/mol. The van der Waals surface area contributed by atoms with Crippen molar-refractivity contribution in [2.24, 2.45) is 7.05 Å². The zero-order valence-electron chi connectivity index (χ0n) is 19.3. The number of benzene rings is 4. The van der Waals surface area contributed by atoms with Crippen molar-refractivity contribution in [2.75, 3.05) is 0 Å². The summed E-state index contributed by atoms with van der Waals surface area (Å²) in [5.41, 5.74) is 10.4. The first-order chi connectivity index (χ1) is 16.6. The van der Waals surface area contributed by atoms with Crippen LogP contribution in [-0.4, -0.2) is 4.40 Å². The first-order valence-corrected chi connectivity index (χ1v) is 11.5. The molecular formula is C31H22N3+. The van der Waals surface area contributed by atoms with Gasteiger partial charge in [0.25, 0.3) is 0 Å². The third-order valence-corrected chi connectivity index (χ3v) is 7.49. The molecule has 7 rings (SSSR count). The summed E-state index contributed by atoms with van der Waals surface area (Å²) in [6.45, 7) is 12.2. The Morgan fingerprint density at radius 3 is 2.41 bits per heavy atom. The molecular weight excluding hydrogens is 414 g/mol. The lowest BCUT2D eigenvalue weighted by molar-refractivity contribution is -0.643. The average Bonchev–Trinajstić information content (AvgIpc) is 3.19. The Morgan fingerprint density at radius 2 is 1.62 bits per heavy atom. The first-order valence-electron chi connectivity index (χ1n) is 11.5. The highest BCUT2D eigenvalue weighted by Gasteiger charge is 2.25. The summed E-state index contributed by atoms with van der Waals surface area (Å²) in [6, 6.07) is 25.9. The molecule has 0 radical (unpaired) electrons. The predicted molar refractivity (Wildman–Crippen MR) is 141 cm³/mol.